The number of nitrogen functional groups attached to an aromatic ring is 1. The second kappa shape index (κ2) is 5.47. The van der Waals surface area contributed by atoms with Crippen LogP contribution in [-0.2, 0) is 6.54 Å². The van der Waals surface area contributed by atoms with E-state index >= 15 is 0 Å². The predicted octanol–water partition coefficient (Wildman–Crippen LogP) is 3.53. The van der Waals surface area contributed by atoms with Crippen molar-refractivity contribution in [2.45, 2.75) is 20.4 Å². The van der Waals surface area contributed by atoms with E-state index in [1.54, 1.807) is 22.7 Å². The summed E-state index contributed by atoms with van der Waals surface area (Å²) in [5.41, 5.74) is 10.8. The van der Waals surface area contributed by atoms with E-state index < -0.39 is 0 Å². The summed E-state index contributed by atoms with van der Waals surface area (Å²) in [4.78, 5) is 9.96. The van der Waals surface area contributed by atoms with Crippen LogP contribution in [0.3, 0.4) is 0 Å². The highest BCUT2D eigenvalue weighted by atomic mass is 32.1. The zero-order chi connectivity index (χ0) is 14.1. The van der Waals surface area contributed by atoms with Crippen LogP contribution in [0.1, 0.15) is 16.3 Å². The monoisotopic (exact) mass is 323 g/mol. The molecule has 0 aromatic carbocycles. The highest BCUT2D eigenvalue weighted by Crippen LogP contribution is 2.38. The molecule has 0 unspecified atom stereocenters. The van der Waals surface area contributed by atoms with Gasteiger partial charge in [0.15, 0.2) is 0 Å². The van der Waals surface area contributed by atoms with Crippen LogP contribution >= 0.6 is 34.2 Å². The van der Waals surface area contributed by atoms with Crippen LogP contribution in [0.15, 0.2) is 10.9 Å². The number of rotatable bonds is 4. The van der Waals surface area contributed by atoms with Crippen molar-refractivity contribution in [2.24, 2.45) is 0 Å². The zero-order valence-electron chi connectivity index (χ0n) is 11.0. The molecule has 3 aromatic heterocycles. The van der Waals surface area contributed by atoms with Gasteiger partial charge in [-0.15, -0.1) is 22.7 Å². The number of aryl methyl sites for hydroxylation is 2. The smallest absolute Gasteiger partial charge is 0.149 e. The van der Waals surface area contributed by atoms with E-state index in [4.69, 9.17) is 5.73 Å². The molecule has 8 heteroatoms. The zero-order valence-corrected chi connectivity index (χ0v) is 13.5. The second-order valence-electron chi connectivity index (χ2n) is 4.28. The summed E-state index contributed by atoms with van der Waals surface area (Å²) >= 11 is 4.61. The molecule has 0 saturated heterocycles. The van der Waals surface area contributed by atoms with Crippen molar-refractivity contribution in [3.63, 3.8) is 0 Å². The minimum absolute atomic E-state index is 0.535. The molecule has 0 aliphatic heterocycles. The Bertz CT molecular complexity index is 727. The summed E-state index contributed by atoms with van der Waals surface area (Å²) in [5.74, 6) is 0.535. The van der Waals surface area contributed by atoms with Gasteiger partial charge < -0.3 is 11.1 Å². The van der Waals surface area contributed by atoms with E-state index in [9.17, 15) is 0 Å². The van der Waals surface area contributed by atoms with Gasteiger partial charge in [0.25, 0.3) is 0 Å². The molecular formula is C12H13N5S3. The van der Waals surface area contributed by atoms with Crippen molar-refractivity contribution in [3.05, 3.63) is 27.2 Å². The molecule has 3 heterocycles. The third kappa shape index (κ3) is 2.54. The Balaban J connectivity index is 1.86. The van der Waals surface area contributed by atoms with E-state index in [-0.39, 0.29) is 0 Å². The molecular weight excluding hydrogens is 310 g/mol. The maximum absolute atomic E-state index is 5.98. The van der Waals surface area contributed by atoms with E-state index in [1.165, 1.54) is 16.4 Å². The number of hydrogen-bond donors (Lipinski definition) is 2. The fourth-order valence-electron chi connectivity index (χ4n) is 1.76. The number of nitrogens with two attached hydrogens (primary N) is 1. The summed E-state index contributed by atoms with van der Waals surface area (Å²) in [6, 6.07) is 0. The Morgan fingerprint density at radius 2 is 2.15 bits per heavy atom. The van der Waals surface area contributed by atoms with E-state index in [2.05, 4.69) is 19.7 Å². The molecule has 0 aliphatic rings. The Labute approximate surface area is 128 Å². The first-order valence-corrected chi connectivity index (χ1v) is 8.49. The molecule has 0 radical (unpaired) electrons. The lowest BCUT2D eigenvalue weighted by Gasteiger charge is -2.04. The molecule has 20 heavy (non-hydrogen) atoms. The highest BCUT2D eigenvalue weighted by molar-refractivity contribution is 7.15. The number of nitrogens with zero attached hydrogens (tertiary/aromatic N) is 3. The van der Waals surface area contributed by atoms with Gasteiger partial charge in [-0.05, 0) is 25.4 Å². The quantitative estimate of drug-likeness (QED) is 0.768. The summed E-state index contributed by atoms with van der Waals surface area (Å²) < 4.78 is 4.24. The van der Waals surface area contributed by atoms with E-state index in [0.29, 0.717) is 5.82 Å². The lowest BCUT2D eigenvalue weighted by Crippen LogP contribution is -1.99. The van der Waals surface area contributed by atoms with Crippen LogP contribution in [0.4, 0.5) is 10.8 Å². The average molecular weight is 323 g/mol. The second-order valence-corrected chi connectivity index (χ2v) is 6.85. The number of nitrogens with one attached hydrogen (secondary N) is 1. The molecule has 104 valence electrons. The molecule has 3 aromatic rings. The van der Waals surface area contributed by atoms with Gasteiger partial charge in [-0.3, -0.25) is 0 Å². The number of anilines is 2. The Morgan fingerprint density at radius 1 is 1.30 bits per heavy atom. The van der Waals surface area contributed by atoms with Crippen LogP contribution in [0.2, 0.25) is 0 Å². The van der Waals surface area contributed by atoms with Crippen LogP contribution in [0.5, 0.6) is 0 Å². The van der Waals surface area contributed by atoms with Gasteiger partial charge in [-0.25, -0.2) is 9.97 Å². The fraction of sp³-hybridized carbons (Fsp3) is 0.250. The van der Waals surface area contributed by atoms with Crippen LogP contribution in [0.25, 0.3) is 10.6 Å². The molecule has 0 spiro atoms. The first-order valence-electron chi connectivity index (χ1n) is 5.95. The number of aromatic nitrogens is 3. The van der Waals surface area contributed by atoms with Crippen molar-refractivity contribution >= 4 is 45.0 Å². The maximum atomic E-state index is 5.98. The predicted molar refractivity (Wildman–Crippen MR) is 86.5 cm³/mol. The Kier molecular flexibility index (Phi) is 3.68. The summed E-state index contributed by atoms with van der Waals surface area (Å²) in [6.45, 7) is 4.72. The third-order valence-electron chi connectivity index (χ3n) is 2.81. The largest absolute Gasteiger partial charge is 0.382 e. The van der Waals surface area contributed by atoms with E-state index in [1.807, 2.05) is 24.7 Å². The van der Waals surface area contributed by atoms with Gasteiger partial charge in [-0.1, -0.05) is 0 Å². The van der Waals surface area contributed by atoms with Crippen LogP contribution in [-0.4, -0.2) is 14.3 Å². The van der Waals surface area contributed by atoms with Gasteiger partial charge in [-0.2, -0.15) is 4.37 Å². The van der Waals surface area contributed by atoms with Crippen LogP contribution in [0, 0.1) is 13.8 Å². The SMILES string of the molecule is Cc1csc(-c2c(N)nsc2NCc2scnc2C)n1. The topological polar surface area (TPSA) is 76.7 Å². The van der Waals surface area contributed by atoms with Gasteiger partial charge in [0, 0.05) is 16.0 Å². The molecule has 0 saturated carbocycles. The average Bonchev–Trinajstić information content (AvgIpc) is 3.09. The lowest BCUT2D eigenvalue weighted by atomic mass is 10.3. The molecule has 5 nitrogen and oxygen atoms in total. The van der Waals surface area contributed by atoms with Gasteiger partial charge in [0.05, 0.1) is 23.3 Å². The molecule has 3 N–H and O–H groups in total. The Hall–Kier alpha value is -1.51. The van der Waals surface area contributed by atoms with Crippen molar-refractivity contribution < 1.29 is 0 Å². The van der Waals surface area contributed by atoms with E-state index in [0.717, 1.165) is 33.5 Å². The molecule has 0 aliphatic carbocycles. The molecule has 0 atom stereocenters. The van der Waals surface area contributed by atoms with Gasteiger partial charge in [0.1, 0.15) is 15.8 Å². The van der Waals surface area contributed by atoms with Crippen LogP contribution < -0.4 is 11.1 Å². The summed E-state index contributed by atoms with van der Waals surface area (Å²) in [7, 11) is 0. The number of hydrogen-bond acceptors (Lipinski definition) is 8. The molecule has 0 amide bonds. The van der Waals surface area contributed by atoms with Gasteiger partial charge in [0.2, 0.25) is 0 Å². The molecule has 0 bridgehead atoms. The third-order valence-corrected chi connectivity index (χ3v) is 5.54. The Morgan fingerprint density at radius 3 is 2.80 bits per heavy atom. The van der Waals surface area contributed by atoms with Gasteiger partial charge >= 0.3 is 0 Å². The first-order chi connectivity index (χ1) is 9.65. The molecule has 0 fully saturated rings. The summed E-state index contributed by atoms with van der Waals surface area (Å²) in [6.07, 6.45) is 0. The number of thiazole rings is 2. The normalized spacial score (nSPS) is 10.9. The van der Waals surface area contributed by atoms with Crippen molar-refractivity contribution in [2.75, 3.05) is 11.1 Å². The first kappa shape index (κ1) is 13.5. The fourth-order valence-corrected chi connectivity index (χ4v) is 4.10. The standard InChI is InChI=1S/C12H13N5S3/c1-6-4-18-12(16-6)9-10(13)17-20-11(9)14-3-8-7(2)15-5-19-8/h4-5,14H,3H2,1-2H3,(H2,13,17). The van der Waals surface area contributed by atoms with Crippen molar-refractivity contribution in [1.29, 1.82) is 0 Å². The van der Waals surface area contributed by atoms with Crippen molar-refractivity contribution in [3.8, 4) is 10.6 Å². The lowest BCUT2D eigenvalue weighted by molar-refractivity contribution is 1.13. The molecule has 3 rings (SSSR count). The minimum Gasteiger partial charge on any atom is -0.382 e. The van der Waals surface area contributed by atoms with Crippen molar-refractivity contribution in [1.82, 2.24) is 14.3 Å². The summed E-state index contributed by atoms with van der Waals surface area (Å²) in [5, 5.41) is 7.29. The minimum atomic E-state index is 0.535. The maximum Gasteiger partial charge on any atom is 0.149 e. The highest BCUT2D eigenvalue weighted by Gasteiger charge is 2.16.